The highest BCUT2D eigenvalue weighted by molar-refractivity contribution is 5.93. The summed E-state index contributed by atoms with van der Waals surface area (Å²) in [6.07, 6.45) is -0.261. The Morgan fingerprint density at radius 1 is 0.758 bits per heavy atom. The Kier molecular flexibility index (Phi) is 3.87. The second kappa shape index (κ2) is 7.03. The van der Waals surface area contributed by atoms with Gasteiger partial charge < -0.3 is 10.1 Å². The first-order valence-corrected chi connectivity index (χ1v) is 11.0. The predicted molar refractivity (Wildman–Crippen MR) is 125 cm³/mol. The molecule has 5 aromatic rings. The molecular weight excluding hydrogens is 410 g/mol. The van der Waals surface area contributed by atoms with E-state index in [0.717, 1.165) is 33.2 Å². The molecule has 0 radical (unpaired) electrons. The molecule has 7 rings (SSSR count). The van der Waals surface area contributed by atoms with Gasteiger partial charge in [-0.1, -0.05) is 97.1 Å². The summed E-state index contributed by atoms with van der Waals surface area (Å²) in [6, 6.07) is 33.3. The van der Waals surface area contributed by atoms with E-state index in [-0.39, 0.29) is 12.1 Å². The third kappa shape index (κ3) is 2.70. The summed E-state index contributed by atoms with van der Waals surface area (Å²) in [5.41, 5.74) is 4.27. The molecule has 1 aromatic heterocycles. The van der Waals surface area contributed by atoms with Crippen molar-refractivity contribution in [1.82, 2.24) is 25.5 Å². The number of nitrogens with one attached hydrogen (secondary N) is 1. The van der Waals surface area contributed by atoms with Crippen molar-refractivity contribution in [2.75, 3.05) is 0 Å². The first kappa shape index (κ1) is 18.2. The summed E-state index contributed by atoms with van der Waals surface area (Å²) in [6.45, 7) is 0. The molecule has 2 aliphatic rings. The first-order valence-electron chi connectivity index (χ1n) is 11.0. The second-order valence-corrected chi connectivity index (χ2v) is 8.30. The van der Waals surface area contributed by atoms with Crippen molar-refractivity contribution in [2.45, 2.75) is 12.1 Å². The molecule has 2 unspecified atom stereocenters. The van der Waals surface area contributed by atoms with Gasteiger partial charge in [-0.05, 0) is 26.9 Å². The second-order valence-electron chi connectivity index (χ2n) is 8.30. The van der Waals surface area contributed by atoms with E-state index in [2.05, 4.69) is 93.6 Å². The van der Waals surface area contributed by atoms with Gasteiger partial charge in [0.25, 0.3) is 0 Å². The lowest BCUT2D eigenvalue weighted by molar-refractivity contribution is 0.308. The third-order valence-electron chi connectivity index (χ3n) is 6.45. The van der Waals surface area contributed by atoms with Gasteiger partial charge >= 0.3 is 0 Å². The van der Waals surface area contributed by atoms with Crippen LogP contribution in [0.3, 0.4) is 0 Å². The zero-order valence-electron chi connectivity index (χ0n) is 17.6. The number of benzene rings is 4. The molecule has 0 fully saturated rings. The third-order valence-corrected chi connectivity index (χ3v) is 6.45. The van der Waals surface area contributed by atoms with E-state index in [0.29, 0.717) is 11.7 Å². The maximum atomic E-state index is 6.64. The van der Waals surface area contributed by atoms with Crippen LogP contribution >= 0.6 is 0 Å². The van der Waals surface area contributed by atoms with Crippen molar-refractivity contribution < 1.29 is 4.74 Å². The summed E-state index contributed by atoms with van der Waals surface area (Å²) in [7, 11) is 0. The highest BCUT2D eigenvalue weighted by Gasteiger charge is 2.40. The van der Waals surface area contributed by atoms with Crippen LogP contribution < -0.4 is 10.1 Å². The number of nitrogens with zero attached hydrogens (tertiary/aromatic N) is 4. The van der Waals surface area contributed by atoms with Gasteiger partial charge in [0.2, 0.25) is 5.88 Å². The predicted octanol–water partition coefficient (Wildman–Crippen LogP) is 4.87. The van der Waals surface area contributed by atoms with Gasteiger partial charge in [-0.25, -0.2) is 0 Å². The van der Waals surface area contributed by atoms with Crippen molar-refractivity contribution >= 4 is 16.3 Å². The molecule has 2 aliphatic heterocycles. The quantitative estimate of drug-likeness (QED) is 0.434. The zero-order chi connectivity index (χ0) is 21.8. The number of allylic oxidation sites excluding steroid dienone is 1. The minimum Gasteiger partial charge on any atom is -0.440 e. The number of aromatic nitrogens is 4. The smallest absolute Gasteiger partial charge is 0.203 e. The maximum Gasteiger partial charge on any atom is 0.203 e. The van der Waals surface area contributed by atoms with E-state index >= 15 is 0 Å². The molecule has 3 heterocycles. The van der Waals surface area contributed by atoms with Crippen LogP contribution in [0.15, 0.2) is 103 Å². The fourth-order valence-corrected chi connectivity index (χ4v) is 4.96. The number of hydrogen-bond acceptors (Lipinski definition) is 5. The molecule has 0 saturated carbocycles. The van der Waals surface area contributed by atoms with Crippen molar-refractivity contribution in [3.63, 3.8) is 0 Å². The molecule has 4 aromatic carbocycles. The van der Waals surface area contributed by atoms with E-state index in [9.17, 15) is 0 Å². The lowest BCUT2D eigenvalue weighted by Crippen LogP contribution is -2.38. The number of hydrogen-bond donors (Lipinski definition) is 1. The fourth-order valence-electron chi connectivity index (χ4n) is 4.96. The van der Waals surface area contributed by atoms with Crippen LogP contribution in [0.5, 0.6) is 5.75 Å². The molecular formula is C27H19N5O. The Bertz CT molecular complexity index is 1520. The molecule has 0 bridgehead atoms. The van der Waals surface area contributed by atoms with Crippen LogP contribution in [0.25, 0.3) is 16.3 Å². The summed E-state index contributed by atoms with van der Waals surface area (Å²) < 4.78 is 8.49. The molecule has 0 aliphatic carbocycles. The minimum absolute atomic E-state index is 0.0662. The van der Waals surface area contributed by atoms with Gasteiger partial charge in [0.15, 0.2) is 12.0 Å². The average molecular weight is 429 g/mol. The zero-order valence-corrected chi connectivity index (χ0v) is 17.6. The molecule has 2 atom stereocenters. The van der Waals surface area contributed by atoms with Gasteiger partial charge in [-0.15, -0.1) is 5.10 Å². The molecule has 6 nitrogen and oxygen atoms in total. The summed E-state index contributed by atoms with van der Waals surface area (Å²) in [4.78, 5) is 0. The Hall–Kier alpha value is -4.45. The lowest BCUT2D eigenvalue weighted by Gasteiger charge is -2.36. The fraction of sp³-hybridized carbons (Fsp3) is 0.0741. The molecule has 158 valence electrons. The van der Waals surface area contributed by atoms with Crippen LogP contribution in [-0.4, -0.2) is 20.2 Å². The normalized spacial score (nSPS) is 18.7. The largest absolute Gasteiger partial charge is 0.440 e. The highest BCUT2D eigenvalue weighted by Crippen LogP contribution is 2.50. The van der Waals surface area contributed by atoms with Crippen molar-refractivity contribution in [2.24, 2.45) is 0 Å². The summed E-state index contributed by atoms with van der Waals surface area (Å²) in [5, 5.41) is 18.7. The number of rotatable bonds is 2. The van der Waals surface area contributed by atoms with Crippen LogP contribution in [0.2, 0.25) is 0 Å². The standard InChI is InChI=1S/C27H19N5O/c1-3-10-18(11-4-1)22-21-16-15-17-9-7-8-14-20(17)24(21)33-27-23(22)26-29-30-31-32(26)25(28-27)19-12-5-2-6-13-19/h1-16,22,25,28H. The van der Waals surface area contributed by atoms with Crippen LogP contribution in [0, 0.1) is 0 Å². The van der Waals surface area contributed by atoms with E-state index in [1.165, 1.54) is 5.56 Å². The van der Waals surface area contributed by atoms with E-state index in [1.54, 1.807) is 0 Å². The van der Waals surface area contributed by atoms with E-state index in [1.807, 2.05) is 28.9 Å². The summed E-state index contributed by atoms with van der Waals surface area (Å²) in [5.74, 6) is 2.22. The molecule has 33 heavy (non-hydrogen) atoms. The van der Waals surface area contributed by atoms with Crippen LogP contribution in [-0.2, 0) is 0 Å². The average Bonchev–Trinajstić information content (AvgIpc) is 3.38. The van der Waals surface area contributed by atoms with E-state index in [4.69, 9.17) is 4.74 Å². The molecule has 1 N–H and O–H groups in total. The SMILES string of the molecule is c1ccc(C2C3=C(NC(c4ccccc4)n4nnnc43)Oc3c2ccc2ccccc32)cc1. The Balaban J connectivity index is 1.49. The van der Waals surface area contributed by atoms with Crippen molar-refractivity contribution in [3.8, 4) is 5.75 Å². The topological polar surface area (TPSA) is 64.9 Å². The van der Waals surface area contributed by atoms with Crippen LogP contribution in [0.4, 0.5) is 0 Å². The molecule has 0 saturated heterocycles. The Morgan fingerprint density at radius 3 is 2.30 bits per heavy atom. The first-order chi connectivity index (χ1) is 16.4. The minimum atomic E-state index is -0.261. The number of tetrazole rings is 1. The Morgan fingerprint density at radius 2 is 1.48 bits per heavy atom. The van der Waals surface area contributed by atoms with Crippen LogP contribution in [0.1, 0.15) is 34.6 Å². The lowest BCUT2D eigenvalue weighted by atomic mass is 9.81. The number of ether oxygens (including phenoxy) is 1. The van der Waals surface area contributed by atoms with E-state index < -0.39 is 0 Å². The molecule has 0 spiro atoms. The molecule has 6 heteroatoms. The Labute approximate surface area is 190 Å². The summed E-state index contributed by atoms with van der Waals surface area (Å²) >= 11 is 0. The highest BCUT2D eigenvalue weighted by atomic mass is 16.5. The van der Waals surface area contributed by atoms with Crippen molar-refractivity contribution in [3.05, 3.63) is 125 Å². The maximum absolute atomic E-state index is 6.64. The van der Waals surface area contributed by atoms with Gasteiger partial charge in [0, 0.05) is 16.9 Å². The monoisotopic (exact) mass is 429 g/mol. The van der Waals surface area contributed by atoms with Gasteiger partial charge in [0.05, 0.1) is 5.57 Å². The van der Waals surface area contributed by atoms with Gasteiger partial charge in [-0.2, -0.15) is 4.68 Å². The number of fused-ring (bicyclic) bond motifs is 5. The van der Waals surface area contributed by atoms with Gasteiger partial charge in [-0.3, -0.25) is 0 Å². The van der Waals surface area contributed by atoms with Crippen molar-refractivity contribution in [1.29, 1.82) is 0 Å². The molecule has 0 amide bonds. The van der Waals surface area contributed by atoms with Gasteiger partial charge in [0.1, 0.15) is 5.75 Å².